The van der Waals surface area contributed by atoms with E-state index >= 15 is 0 Å². The van der Waals surface area contributed by atoms with E-state index in [4.69, 9.17) is 22.5 Å². The highest BCUT2D eigenvalue weighted by Crippen LogP contribution is 2.27. The van der Waals surface area contributed by atoms with Crippen molar-refractivity contribution in [1.82, 2.24) is 9.97 Å². The van der Waals surface area contributed by atoms with Crippen molar-refractivity contribution in [3.63, 3.8) is 0 Å². The number of anilines is 2. The first kappa shape index (κ1) is 16.0. The highest BCUT2D eigenvalue weighted by molar-refractivity contribution is 6.03. The number of nitrogens with zero attached hydrogens (tertiary/aromatic N) is 1. The van der Waals surface area contributed by atoms with Crippen LogP contribution in [0.5, 0.6) is 0 Å². The Kier molecular flexibility index (Phi) is 4.05. The van der Waals surface area contributed by atoms with Gasteiger partial charge in [0.05, 0.1) is 18.2 Å². The molecule has 1 aromatic carbocycles. The number of carbonyl (C=O) groups is 1. The van der Waals surface area contributed by atoms with Crippen LogP contribution in [0.2, 0.25) is 0 Å². The maximum absolute atomic E-state index is 11.5. The van der Waals surface area contributed by atoms with Crippen molar-refractivity contribution in [2.75, 3.05) is 11.1 Å². The summed E-state index contributed by atoms with van der Waals surface area (Å²) in [5, 5.41) is 12.8. The van der Waals surface area contributed by atoms with Crippen molar-refractivity contribution in [3.8, 4) is 6.07 Å². The number of H-pyrrole nitrogens is 2. The van der Waals surface area contributed by atoms with Crippen LogP contribution >= 0.6 is 0 Å². The molecule has 0 unspecified atom stereocenters. The molecule has 0 spiro atoms. The van der Waals surface area contributed by atoms with Gasteiger partial charge in [0.25, 0.3) is 5.91 Å². The fourth-order valence-corrected chi connectivity index (χ4v) is 2.60. The van der Waals surface area contributed by atoms with Gasteiger partial charge in [0.1, 0.15) is 11.5 Å². The van der Waals surface area contributed by atoms with E-state index in [1.165, 1.54) is 0 Å². The molecule has 0 aliphatic carbocycles. The summed E-state index contributed by atoms with van der Waals surface area (Å²) in [6.07, 6.45) is 1.95. The van der Waals surface area contributed by atoms with E-state index in [1.807, 2.05) is 24.3 Å². The molecular weight excluding hydrogens is 318 g/mol. The summed E-state index contributed by atoms with van der Waals surface area (Å²) in [4.78, 5) is 17.5. The number of nitrogens with two attached hydrogens (primary N) is 3. The van der Waals surface area contributed by atoms with Crippen molar-refractivity contribution in [2.24, 2.45) is 11.5 Å². The third-order valence-corrected chi connectivity index (χ3v) is 3.80. The average molecular weight is 335 g/mol. The van der Waals surface area contributed by atoms with Crippen molar-refractivity contribution < 1.29 is 4.79 Å². The van der Waals surface area contributed by atoms with Gasteiger partial charge in [-0.15, -0.1) is 0 Å². The van der Waals surface area contributed by atoms with Crippen molar-refractivity contribution in [3.05, 3.63) is 53.5 Å². The van der Waals surface area contributed by atoms with Gasteiger partial charge in [-0.3, -0.25) is 4.79 Å². The standard InChI is InChI=1S/C17H17N7O/c18-5-3-11-8-9-7-10(1-2-13(9)23-11)24-15(14(19)17(21)25)12-4-6-22-16(12)20/h1-2,4,6-8,22-24H,3,19-20H2,(H2,21,25)/b15-14+. The molecule has 2 aromatic heterocycles. The van der Waals surface area contributed by atoms with Crippen LogP contribution in [0, 0.1) is 11.3 Å². The van der Waals surface area contributed by atoms with Crippen molar-refractivity contribution in [1.29, 1.82) is 5.26 Å². The quantitative estimate of drug-likeness (QED) is 0.387. The molecule has 126 valence electrons. The Hall–Kier alpha value is -3.86. The lowest BCUT2D eigenvalue weighted by Crippen LogP contribution is -2.24. The molecule has 1 amide bonds. The Morgan fingerprint density at radius 3 is 2.68 bits per heavy atom. The second-order valence-electron chi connectivity index (χ2n) is 5.51. The van der Waals surface area contributed by atoms with Crippen LogP contribution in [-0.2, 0) is 11.2 Å². The molecule has 0 bridgehead atoms. The number of nitrogen functional groups attached to an aromatic ring is 1. The summed E-state index contributed by atoms with van der Waals surface area (Å²) < 4.78 is 0. The molecule has 9 N–H and O–H groups in total. The monoisotopic (exact) mass is 335 g/mol. The first-order chi connectivity index (χ1) is 12.0. The number of aromatic nitrogens is 2. The normalized spacial score (nSPS) is 11.8. The first-order valence-corrected chi connectivity index (χ1v) is 7.48. The molecule has 0 atom stereocenters. The van der Waals surface area contributed by atoms with Crippen LogP contribution in [0.1, 0.15) is 11.3 Å². The van der Waals surface area contributed by atoms with Gasteiger partial charge in [-0.25, -0.2) is 0 Å². The Morgan fingerprint density at radius 2 is 2.04 bits per heavy atom. The molecule has 0 radical (unpaired) electrons. The molecule has 0 fully saturated rings. The van der Waals surface area contributed by atoms with Gasteiger partial charge in [-0.2, -0.15) is 5.26 Å². The summed E-state index contributed by atoms with van der Waals surface area (Å²) in [5.74, 6) is -0.382. The predicted octanol–water partition coefficient (Wildman–Crippen LogP) is 1.37. The number of carbonyl (C=O) groups excluding carboxylic acids is 1. The second kappa shape index (κ2) is 6.33. The van der Waals surface area contributed by atoms with Gasteiger partial charge in [0, 0.05) is 34.0 Å². The van der Waals surface area contributed by atoms with E-state index in [-0.39, 0.29) is 5.70 Å². The van der Waals surface area contributed by atoms with Gasteiger partial charge in [-0.05, 0) is 30.3 Å². The number of nitrogens with one attached hydrogen (secondary N) is 3. The van der Waals surface area contributed by atoms with E-state index in [9.17, 15) is 4.79 Å². The average Bonchev–Trinajstić information content (AvgIpc) is 3.17. The topological polar surface area (TPSA) is 163 Å². The fourth-order valence-electron chi connectivity index (χ4n) is 2.60. The third kappa shape index (κ3) is 3.11. The lowest BCUT2D eigenvalue weighted by Gasteiger charge is -2.13. The van der Waals surface area contributed by atoms with Crippen molar-refractivity contribution >= 4 is 34.0 Å². The molecule has 3 rings (SSSR count). The van der Waals surface area contributed by atoms with Gasteiger partial charge in [0.15, 0.2) is 0 Å². The Labute approximate surface area is 143 Å². The summed E-state index contributed by atoms with van der Waals surface area (Å²) in [6, 6.07) is 11.3. The van der Waals surface area contributed by atoms with E-state index in [0.29, 0.717) is 29.2 Å². The SMILES string of the molecule is N#CCc1cc2cc(N/C(=C(/N)C(N)=O)c3cc[nH]c3N)ccc2[nH]1. The molecule has 8 nitrogen and oxygen atoms in total. The number of rotatable bonds is 5. The number of primary amides is 1. The molecule has 0 aliphatic heterocycles. The number of benzene rings is 1. The van der Waals surface area contributed by atoms with Crippen LogP contribution in [0.3, 0.4) is 0 Å². The number of amides is 1. The minimum Gasteiger partial charge on any atom is -0.393 e. The van der Waals surface area contributed by atoms with Gasteiger partial charge >= 0.3 is 0 Å². The largest absolute Gasteiger partial charge is 0.393 e. The number of aromatic amines is 2. The zero-order valence-corrected chi connectivity index (χ0v) is 13.3. The van der Waals surface area contributed by atoms with Crippen LogP contribution < -0.4 is 22.5 Å². The molecular formula is C17H17N7O. The van der Waals surface area contributed by atoms with E-state index < -0.39 is 5.91 Å². The smallest absolute Gasteiger partial charge is 0.266 e. The van der Waals surface area contributed by atoms with E-state index in [1.54, 1.807) is 12.3 Å². The van der Waals surface area contributed by atoms with Crippen LogP contribution in [0.25, 0.3) is 16.6 Å². The van der Waals surface area contributed by atoms with Crippen LogP contribution in [-0.4, -0.2) is 15.9 Å². The summed E-state index contributed by atoms with van der Waals surface area (Å²) in [6.45, 7) is 0. The zero-order valence-electron chi connectivity index (χ0n) is 13.3. The number of nitriles is 1. The highest BCUT2D eigenvalue weighted by atomic mass is 16.1. The van der Waals surface area contributed by atoms with E-state index in [0.717, 1.165) is 16.6 Å². The predicted molar refractivity (Wildman–Crippen MR) is 96.7 cm³/mol. The Morgan fingerprint density at radius 1 is 1.24 bits per heavy atom. The van der Waals surface area contributed by atoms with Gasteiger partial charge in [-0.1, -0.05) is 0 Å². The zero-order chi connectivity index (χ0) is 18.0. The Balaban J connectivity index is 2.01. The highest BCUT2D eigenvalue weighted by Gasteiger charge is 2.15. The minimum atomic E-state index is -0.748. The van der Waals surface area contributed by atoms with E-state index in [2.05, 4.69) is 21.4 Å². The van der Waals surface area contributed by atoms with Crippen LogP contribution in [0.4, 0.5) is 11.5 Å². The lowest BCUT2D eigenvalue weighted by molar-refractivity contribution is -0.114. The summed E-state index contributed by atoms with van der Waals surface area (Å²) in [5.41, 5.74) is 20.3. The Bertz CT molecular complexity index is 1020. The molecule has 25 heavy (non-hydrogen) atoms. The number of hydrogen-bond donors (Lipinski definition) is 6. The molecule has 0 saturated heterocycles. The lowest BCUT2D eigenvalue weighted by atomic mass is 10.1. The maximum atomic E-state index is 11.5. The first-order valence-electron chi connectivity index (χ1n) is 7.48. The molecule has 2 heterocycles. The molecule has 3 aromatic rings. The summed E-state index contributed by atoms with van der Waals surface area (Å²) >= 11 is 0. The van der Waals surface area contributed by atoms with Crippen molar-refractivity contribution in [2.45, 2.75) is 6.42 Å². The van der Waals surface area contributed by atoms with Gasteiger partial charge in [0.2, 0.25) is 0 Å². The van der Waals surface area contributed by atoms with Gasteiger partial charge < -0.3 is 32.5 Å². The maximum Gasteiger partial charge on any atom is 0.266 e. The molecule has 8 heteroatoms. The minimum absolute atomic E-state index is 0.120. The third-order valence-electron chi connectivity index (χ3n) is 3.80. The number of fused-ring (bicyclic) bond motifs is 1. The number of hydrogen-bond acceptors (Lipinski definition) is 5. The fraction of sp³-hybridized carbons (Fsp3) is 0.0588. The molecule has 0 aliphatic rings. The molecule has 0 saturated carbocycles. The van der Waals surface area contributed by atoms with Crippen LogP contribution in [0.15, 0.2) is 42.2 Å². The second-order valence-corrected chi connectivity index (χ2v) is 5.51. The summed E-state index contributed by atoms with van der Waals surface area (Å²) in [7, 11) is 0.